The molecule has 5 nitrogen and oxygen atoms in total. The molecule has 3 aromatic heterocycles. The molecule has 7 aromatic rings. The first-order chi connectivity index (χ1) is 27.6. The summed E-state index contributed by atoms with van der Waals surface area (Å²) in [6, 6.07) is 44.7. The summed E-state index contributed by atoms with van der Waals surface area (Å²) in [5.74, 6) is 1.27. The maximum absolute atomic E-state index is 5.57. The van der Waals surface area contributed by atoms with E-state index in [1.54, 1.807) is 0 Å². The average molecular weight is 728 g/mol. The minimum absolute atomic E-state index is 0.114. The second-order valence-corrected chi connectivity index (χ2v) is 15.1. The number of aromatic nitrogens is 5. The van der Waals surface area contributed by atoms with Gasteiger partial charge in [0.2, 0.25) is 0 Å². The van der Waals surface area contributed by atoms with Crippen LogP contribution in [0.1, 0.15) is 73.1 Å². The van der Waals surface area contributed by atoms with Crippen molar-refractivity contribution in [2.75, 3.05) is 0 Å². The molecule has 5 heteroatoms. The Morgan fingerprint density at radius 2 is 1.16 bits per heavy atom. The smallest absolute Gasteiger partial charge is 0.160 e. The van der Waals surface area contributed by atoms with E-state index in [1.165, 1.54) is 19.3 Å². The van der Waals surface area contributed by atoms with Gasteiger partial charge in [-0.3, -0.25) is 4.98 Å². The third-order valence-electron chi connectivity index (χ3n) is 11.2. The molecule has 2 aliphatic carbocycles. The summed E-state index contributed by atoms with van der Waals surface area (Å²) >= 11 is 0. The van der Waals surface area contributed by atoms with E-state index in [9.17, 15) is 0 Å². The molecule has 1 atom stereocenters. The molecule has 0 spiro atoms. The standard InChI is InChI=1S/C51H45N5/c1-34-29-30-44(35(2)52-34)40-25-15-26-41(31-40)46-33-45(36-17-7-3-8-18-36)53-51(54-46)43-28-16-27-42(32-43)50-49(39-23-13-6-14-24-39)55-47(37-19-9-4-10-20-37)48(56-50)38-21-11-5-12-22-38/h4-6,9-16,19-21,23-33,36,38H,3,7-8,17-18,22H2,1-2H3. The Balaban J connectivity index is 1.20. The van der Waals surface area contributed by atoms with Gasteiger partial charge in [-0.25, -0.2) is 19.9 Å². The third kappa shape index (κ3) is 7.37. The van der Waals surface area contributed by atoms with E-state index in [1.807, 2.05) is 19.1 Å². The van der Waals surface area contributed by atoms with Gasteiger partial charge >= 0.3 is 0 Å². The van der Waals surface area contributed by atoms with Gasteiger partial charge < -0.3 is 0 Å². The van der Waals surface area contributed by atoms with Crippen LogP contribution in [-0.4, -0.2) is 24.9 Å². The largest absolute Gasteiger partial charge is 0.258 e. The first-order valence-electron chi connectivity index (χ1n) is 20.0. The normalized spacial score (nSPS) is 15.6. The maximum Gasteiger partial charge on any atom is 0.160 e. The van der Waals surface area contributed by atoms with E-state index in [2.05, 4.69) is 146 Å². The number of rotatable bonds is 8. The molecule has 0 radical (unpaired) electrons. The molecule has 2 aliphatic rings. The molecule has 274 valence electrons. The first kappa shape index (κ1) is 35.4. The second-order valence-electron chi connectivity index (χ2n) is 15.1. The van der Waals surface area contributed by atoms with E-state index >= 15 is 0 Å². The second kappa shape index (κ2) is 15.8. The summed E-state index contributed by atoms with van der Waals surface area (Å²) < 4.78 is 0. The van der Waals surface area contributed by atoms with Crippen LogP contribution in [0.15, 0.2) is 152 Å². The topological polar surface area (TPSA) is 64.5 Å². The van der Waals surface area contributed by atoms with Crippen molar-refractivity contribution in [2.45, 2.75) is 64.2 Å². The Morgan fingerprint density at radius 1 is 0.500 bits per heavy atom. The number of benzene rings is 4. The van der Waals surface area contributed by atoms with Crippen molar-refractivity contribution in [2.24, 2.45) is 0 Å². The Bertz CT molecular complexity index is 2570. The monoisotopic (exact) mass is 727 g/mol. The predicted molar refractivity (Wildman–Crippen MR) is 229 cm³/mol. The highest BCUT2D eigenvalue weighted by Gasteiger charge is 2.24. The van der Waals surface area contributed by atoms with Crippen LogP contribution in [0, 0.1) is 13.8 Å². The van der Waals surface area contributed by atoms with Crippen LogP contribution >= 0.6 is 0 Å². The van der Waals surface area contributed by atoms with Crippen LogP contribution < -0.4 is 0 Å². The SMILES string of the molecule is Cc1ccc(-c2cccc(-c3cc(C4CCCCC4)nc(-c4cccc(-c5nc(C6C=CC=CC6)c(-c6ccccc6)nc5-c5ccccc5)c4)n3)c2)c(C)n1. The van der Waals surface area contributed by atoms with Crippen LogP contribution in [0.2, 0.25) is 0 Å². The molecule has 1 saturated carbocycles. The Morgan fingerprint density at radius 3 is 1.89 bits per heavy atom. The molecule has 1 fully saturated rings. The molecule has 0 saturated heterocycles. The minimum atomic E-state index is 0.114. The number of hydrogen-bond acceptors (Lipinski definition) is 5. The summed E-state index contributed by atoms with van der Waals surface area (Å²) in [6.45, 7) is 4.12. The predicted octanol–water partition coefficient (Wildman–Crippen LogP) is 12.9. The van der Waals surface area contributed by atoms with Gasteiger partial charge in [0.25, 0.3) is 0 Å². The first-order valence-corrected chi connectivity index (χ1v) is 20.0. The van der Waals surface area contributed by atoms with Crippen molar-refractivity contribution in [3.63, 3.8) is 0 Å². The maximum atomic E-state index is 5.57. The van der Waals surface area contributed by atoms with Gasteiger partial charge in [-0.2, -0.15) is 0 Å². The van der Waals surface area contributed by atoms with Gasteiger partial charge in [0, 0.05) is 62.3 Å². The van der Waals surface area contributed by atoms with Crippen molar-refractivity contribution in [1.29, 1.82) is 0 Å². The third-order valence-corrected chi connectivity index (χ3v) is 11.2. The van der Waals surface area contributed by atoms with Crippen LogP contribution in [0.3, 0.4) is 0 Å². The highest BCUT2D eigenvalue weighted by Crippen LogP contribution is 2.40. The fraction of sp³-hybridized carbons (Fsp3) is 0.196. The van der Waals surface area contributed by atoms with Crippen molar-refractivity contribution in [1.82, 2.24) is 24.9 Å². The van der Waals surface area contributed by atoms with Crippen LogP contribution in [-0.2, 0) is 0 Å². The quantitative estimate of drug-likeness (QED) is 0.156. The van der Waals surface area contributed by atoms with E-state index in [-0.39, 0.29) is 5.92 Å². The molecule has 9 rings (SSSR count). The molecule has 56 heavy (non-hydrogen) atoms. The minimum Gasteiger partial charge on any atom is -0.258 e. The van der Waals surface area contributed by atoms with Gasteiger partial charge in [-0.15, -0.1) is 0 Å². The van der Waals surface area contributed by atoms with E-state index in [4.69, 9.17) is 24.9 Å². The van der Waals surface area contributed by atoms with Gasteiger partial charge in [0.05, 0.1) is 28.5 Å². The van der Waals surface area contributed by atoms with Crippen molar-refractivity contribution in [3.8, 4) is 67.5 Å². The molecule has 1 unspecified atom stereocenters. The van der Waals surface area contributed by atoms with Crippen molar-refractivity contribution < 1.29 is 0 Å². The fourth-order valence-corrected chi connectivity index (χ4v) is 8.29. The Labute approximate surface area is 330 Å². The molecule has 0 bridgehead atoms. The lowest BCUT2D eigenvalue weighted by molar-refractivity contribution is 0.436. The molecular weight excluding hydrogens is 683 g/mol. The molecular formula is C51H45N5. The van der Waals surface area contributed by atoms with Crippen LogP contribution in [0.5, 0.6) is 0 Å². The zero-order valence-electron chi connectivity index (χ0n) is 32.1. The summed E-state index contributed by atoms with van der Waals surface area (Å²) in [6.07, 6.45) is 15.6. The fourth-order valence-electron chi connectivity index (χ4n) is 8.29. The van der Waals surface area contributed by atoms with Crippen molar-refractivity contribution in [3.05, 3.63) is 174 Å². The molecule has 0 amide bonds. The average Bonchev–Trinajstić information content (AvgIpc) is 3.27. The van der Waals surface area contributed by atoms with Gasteiger partial charge in [-0.1, -0.05) is 147 Å². The zero-order valence-corrected chi connectivity index (χ0v) is 32.1. The lowest BCUT2D eigenvalue weighted by atomic mass is 9.86. The summed E-state index contributed by atoms with van der Waals surface area (Å²) in [5, 5.41) is 0. The number of nitrogens with zero attached hydrogens (tertiary/aromatic N) is 5. The lowest BCUT2D eigenvalue weighted by Crippen LogP contribution is -2.09. The lowest BCUT2D eigenvalue weighted by Gasteiger charge is -2.22. The number of allylic oxidation sites excluding steroid dienone is 4. The zero-order chi connectivity index (χ0) is 37.8. The number of aryl methyl sites for hydroxylation is 2. The van der Waals surface area contributed by atoms with E-state index in [0.717, 1.165) is 110 Å². The summed E-state index contributed by atoms with van der Waals surface area (Å²) in [5.41, 5.74) is 15.1. The number of hydrogen-bond donors (Lipinski definition) is 0. The summed E-state index contributed by atoms with van der Waals surface area (Å²) in [7, 11) is 0. The summed E-state index contributed by atoms with van der Waals surface area (Å²) in [4.78, 5) is 26.5. The van der Waals surface area contributed by atoms with Crippen molar-refractivity contribution >= 4 is 0 Å². The van der Waals surface area contributed by atoms with Crippen LogP contribution in [0.25, 0.3) is 67.5 Å². The molecule has 4 aromatic carbocycles. The van der Waals surface area contributed by atoms with E-state index < -0.39 is 0 Å². The Kier molecular flexibility index (Phi) is 9.98. The molecule has 0 N–H and O–H groups in total. The van der Waals surface area contributed by atoms with Gasteiger partial charge in [-0.05, 0) is 62.9 Å². The highest BCUT2D eigenvalue weighted by molar-refractivity contribution is 5.83. The number of pyridine rings is 1. The van der Waals surface area contributed by atoms with Gasteiger partial charge in [0.15, 0.2) is 5.82 Å². The highest BCUT2D eigenvalue weighted by atomic mass is 14.9. The molecule has 3 heterocycles. The molecule has 0 aliphatic heterocycles. The van der Waals surface area contributed by atoms with E-state index in [0.29, 0.717) is 5.92 Å². The Hall–Kier alpha value is -6.33. The van der Waals surface area contributed by atoms with Gasteiger partial charge in [0.1, 0.15) is 0 Å². The van der Waals surface area contributed by atoms with Crippen LogP contribution in [0.4, 0.5) is 0 Å².